The quantitative estimate of drug-likeness (QED) is 0.593. The molecule has 0 unspecified atom stereocenters. The van der Waals surface area contributed by atoms with Gasteiger partial charge in [0.1, 0.15) is 30.5 Å². The van der Waals surface area contributed by atoms with Crippen LogP contribution in [-0.2, 0) is 17.6 Å². The van der Waals surface area contributed by atoms with Crippen LogP contribution in [0.4, 0.5) is 0 Å². The van der Waals surface area contributed by atoms with E-state index in [0.29, 0.717) is 23.5 Å². The summed E-state index contributed by atoms with van der Waals surface area (Å²) in [5.74, 6) is 1.19. The van der Waals surface area contributed by atoms with Crippen molar-refractivity contribution < 1.29 is 34.6 Å². The number of aryl methyl sites for hydroxylation is 1. The van der Waals surface area contributed by atoms with Crippen LogP contribution in [0.15, 0.2) is 36.4 Å². The van der Waals surface area contributed by atoms with E-state index in [2.05, 4.69) is 31.2 Å². The summed E-state index contributed by atoms with van der Waals surface area (Å²) in [4.78, 5) is 0. The molecule has 4 rings (SSSR count). The van der Waals surface area contributed by atoms with Crippen LogP contribution in [0.5, 0.6) is 11.5 Å². The van der Waals surface area contributed by atoms with Crippen LogP contribution in [0.2, 0.25) is 0 Å². The highest BCUT2D eigenvalue weighted by Gasteiger charge is 2.44. The standard InChI is InChI=1S/C22H26O7/c1-2-12-3-5-13(6-4-12)7-14-8-15(9-16-21(14)28-11-27-16)22-20(26)19(25)18(24)17(10-23)29-22/h3-6,8-9,17-20,22-26H,2,7,10-11H2,1H3/t17-,18-,19+,20-,22+/m1/s1. The van der Waals surface area contributed by atoms with Crippen molar-refractivity contribution in [1.29, 1.82) is 0 Å². The first-order chi connectivity index (χ1) is 14.0. The molecule has 156 valence electrons. The fourth-order valence-electron chi connectivity index (χ4n) is 3.89. The van der Waals surface area contributed by atoms with Crippen molar-refractivity contribution in [1.82, 2.24) is 0 Å². The van der Waals surface area contributed by atoms with Gasteiger partial charge in [-0.3, -0.25) is 0 Å². The fraction of sp³-hybridized carbons (Fsp3) is 0.455. The Bertz CT molecular complexity index is 849. The summed E-state index contributed by atoms with van der Waals surface area (Å²) in [6.07, 6.45) is -4.47. The van der Waals surface area contributed by atoms with Crippen LogP contribution in [-0.4, -0.2) is 58.2 Å². The van der Waals surface area contributed by atoms with Crippen molar-refractivity contribution in [3.8, 4) is 11.5 Å². The molecule has 2 aliphatic heterocycles. The highest BCUT2D eigenvalue weighted by atomic mass is 16.7. The molecule has 0 bridgehead atoms. The van der Waals surface area contributed by atoms with Crippen LogP contribution < -0.4 is 9.47 Å². The second-order valence-electron chi connectivity index (χ2n) is 7.51. The average Bonchev–Trinajstić information content (AvgIpc) is 3.22. The van der Waals surface area contributed by atoms with E-state index in [9.17, 15) is 20.4 Å². The summed E-state index contributed by atoms with van der Waals surface area (Å²) in [5.41, 5.74) is 3.82. The van der Waals surface area contributed by atoms with Crippen molar-refractivity contribution in [2.24, 2.45) is 0 Å². The third-order valence-corrected chi connectivity index (χ3v) is 5.62. The van der Waals surface area contributed by atoms with E-state index in [4.69, 9.17) is 14.2 Å². The number of fused-ring (bicyclic) bond motifs is 1. The number of hydrogen-bond acceptors (Lipinski definition) is 7. The van der Waals surface area contributed by atoms with Gasteiger partial charge < -0.3 is 34.6 Å². The summed E-state index contributed by atoms with van der Waals surface area (Å²) in [5, 5.41) is 40.1. The maximum Gasteiger partial charge on any atom is 0.231 e. The highest BCUT2D eigenvalue weighted by molar-refractivity contribution is 5.53. The Balaban J connectivity index is 1.67. The zero-order chi connectivity index (χ0) is 20.5. The minimum Gasteiger partial charge on any atom is -0.454 e. The molecule has 29 heavy (non-hydrogen) atoms. The number of ether oxygens (including phenoxy) is 3. The van der Waals surface area contributed by atoms with Crippen LogP contribution in [0.1, 0.15) is 35.3 Å². The Hall–Kier alpha value is -2.16. The monoisotopic (exact) mass is 402 g/mol. The second kappa shape index (κ2) is 8.30. The molecule has 0 saturated carbocycles. The maximum atomic E-state index is 10.5. The van der Waals surface area contributed by atoms with Crippen molar-refractivity contribution >= 4 is 0 Å². The van der Waals surface area contributed by atoms with E-state index in [1.807, 2.05) is 6.07 Å². The van der Waals surface area contributed by atoms with Gasteiger partial charge in [-0.15, -0.1) is 0 Å². The van der Waals surface area contributed by atoms with Gasteiger partial charge in [-0.1, -0.05) is 31.2 Å². The Labute approximate surface area is 169 Å². The highest BCUT2D eigenvalue weighted by Crippen LogP contribution is 2.42. The van der Waals surface area contributed by atoms with Gasteiger partial charge in [0, 0.05) is 12.0 Å². The number of rotatable bonds is 5. The smallest absolute Gasteiger partial charge is 0.231 e. The van der Waals surface area contributed by atoms with E-state index < -0.39 is 37.1 Å². The largest absolute Gasteiger partial charge is 0.454 e. The third-order valence-electron chi connectivity index (χ3n) is 5.62. The van der Waals surface area contributed by atoms with E-state index in [1.54, 1.807) is 6.07 Å². The van der Waals surface area contributed by atoms with Crippen molar-refractivity contribution in [3.63, 3.8) is 0 Å². The van der Waals surface area contributed by atoms with E-state index in [1.165, 1.54) is 5.56 Å². The summed E-state index contributed by atoms with van der Waals surface area (Å²) in [6.45, 7) is 1.74. The predicted octanol–water partition coefficient (Wildman–Crippen LogP) is 1.08. The van der Waals surface area contributed by atoms with Crippen molar-refractivity contribution in [2.75, 3.05) is 13.4 Å². The van der Waals surface area contributed by atoms with E-state index >= 15 is 0 Å². The lowest BCUT2D eigenvalue weighted by molar-refractivity contribution is -0.231. The molecule has 1 saturated heterocycles. The summed E-state index contributed by atoms with van der Waals surface area (Å²) >= 11 is 0. The Kier molecular flexibility index (Phi) is 5.76. The van der Waals surface area contributed by atoms with Gasteiger partial charge in [0.25, 0.3) is 0 Å². The molecule has 5 atom stereocenters. The van der Waals surface area contributed by atoms with Gasteiger partial charge >= 0.3 is 0 Å². The first kappa shape index (κ1) is 20.1. The minimum atomic E-state index is -1.43. The predicted molar refractivity (Wildman–Crippen MR) is 104 cm³/mol. The number of hydrogen-bond donors (Lipinski definition) is 4. The summed E-state index contributed by atoms with van der Waals surface area (Å²) in [6, 6.07) is 11.9. The Morgan fingerprint density at radius 2 is 1.66 bits per heavy atom. The van der Waals surface area contributed by atoms with E-state index in [-0.39, 0.29) is 6.79 Å². The van der Waals surface area contributed by atoms with Crippen LogP contribution in [0.25, 0.3) is 0 Å². The lowest BCUT2D eigenvalue weighted by atomic mass is 9.89. The maximum absolute atomic E-state index is 10.5. The molecule has 0 aliphatic carbocycles. The van der Waals surface area contributed by atoms with E-state index in [0.717, 1.165) is 17.5 Å². The van der Waals surface area contributed by atoms with Gasteiger partial charge in [-0.2, -0.15) is 0 Å². The lowest BCUT2D eigenvalue weighted by Gasteiger charge is -2.40. The Morgan fingerprint density at radius 3 is 2.34 bits per heavy atom. The molecule has 4 N–H and O–H groups in total. The van der Waals surface area contributed by atoms with Gasteiger partial charge in [0.15, 0.2) is 11.5 Å². The molecule has 0 amide bonds. The lowest BCUT2D eigenvalue weighted by Crippen LogP contribution is -2.55. The first-order valence-electron chi connectivity index (χ1n) is 9.82. The average molecular weight is 402 g/mol. The summed E-state index contributed by atoms with van der Waals surface area (Å²) < 4.78 is 16.9. The minimum absolute atomic E-state index is 0.106. The van der Waals surface area contributed by atoms with Crippen LogP contribution in [0.3, 0.4) is 0 Å². The van der Waals surface area contributed by atoms with Gasteiger partial charge in [-0.05, 0) is 35.2 Å². The zero-order valence-electron chi connectivity index (χ0n) is 16.2. The zero-order valence-corrected chi connectivity index (χ0v) is 16.2. The third kappa shape index (κ3) is 3.84. The van der Waals surface area contributed by atoms with Crippen LogP contribution in [0, 0.1) is 0 Å². The van der Waals surface area contributed by atoms with Gasteiger partial charge in [0.05, 0.1) is 6.61 Å². The molecule has 0 aromatic heterocycles. The molecule has 7 heteroatoms. The molecule has 1 fully saturated rings. The van der Waals surface area contributed by atoms with Gasteiger partial charge in [-0.25, -0.2) is 0 Å². The molecule has 0 spiro atoms. The number of aliphatic hydroxyl groups excluding tert-OH is 4. The van der Waals surface area contributed by atoms with Crippen LogP contribution >= 0.6 is 0 Å². The second-order valence-corrected chi connectivity index (χ2v) is 7.51. The molecular weight excluding hydrogens is 376 g/mol. The fourth-order valence-corrected chi connectivity index (χ4v) is 3.89. The first-order valence-corrected chi connectivity index (χ1v) is 9.82. The normalized spacial score (nSPS) is 28.5. The molecule has 2 aromatic carbocycles. The molecule has 2 heterocycles. The van der Waals surface area contributed by atoms with Crippen molar-refractivity contribution in [2.45, 2.75) is 50.3 Å². The summed E-state index contributed by atoms with van der Waals surface area (Å²) in [7, 11) is 0. The topological polar surface area (TPSA) is 109 Å². The molecule has 0 radical (unpaired) electrons. The molecular formula is C22H26O7. The van der Waals surface area contributed by atoms with Gasteiger partial charge in [0.2, 0.25) is 6.79 Å². The van der Waals surface area contributed by atoms with Crippen molar-refractivity contribution in [3.05, 3.63) is 58.7 Å². The number of benzene rings is 2. The Morgan fingerprint density at radius 1 is 0.931 bits per heavy atom. The molecule has 2 aliphatic rings. The number of aliphatic hydroxyl groups is 4. The SMILES string of the molecule is CCc1ccc(Cc2cc([C@@H]3O[C@H](CO)[C@@H](O)[C@H](O)[C@H]3O)cc3c2OCO3)cc1. The molecule has 2 aromatic rings. The molecule has 7 nitrogen and oxygen atoms in total.